The highest BCUT2D eigenvalue weighted by Crippen LogP contribution is 2.23. The molecular formula is C12H14ClN3O2S2. The van der Waals surface area contributed by atoms with Crippen LogP contribution >= 0.6 is 22.9 Å². The lowest BCUT2D eigenvalue weighted by molar-refractivity contribution is 0.581. The van der Waals surface area contributed by atoms with Crippen LogP contribution in [0.5, 0.6) is 0 Å². The van der Waals surface area contributed by atoms with Crippen LogP contribution in [0.4, 0.5) is 0 Å². The van der Waals surface area contributed by atoms with Gasteiger partial charge >= 0.3 is 0 Å². The molecule has 1 aromatic carbocycles. The largest absolute Gasteiger partial charge is 0.316 e. The van der Waals surface area contributed by atoms with Gasteiger partial charge in [0.05, 0.1) is 11.6 Å². The molecule has 0 fully saturated rings. The highest BCUT2D eigenvalue weighted by Gasteiger charge is 2.18. The second-order valence-electron chi connectivity index (χ2n) is 4.05. The predicted molar refractivity (Wildman–Crippen MR) is 80.4 cm³/mol. The minimum absolute atomic E-state index is 0.0865. The van der Waals surface area contributed by atoms with E-state index >= 15 is 0 Å². The Morgan fingerprint density at radius 1 is 1.35 bits per heavy atom. The molecule has 0 aliphatic carbocycles. The molecule has 0 saturated carbocycles. The van der Waals surface area contributed by atoms with Crippen LogP contribution < -0.4 is 10.0 Å². The van der Waals surface area contributed by atoms with E-state index in [9.17, 15) is 8.42 Å². The molecule has 2 rings (SSSR count). The summed E-state index contributed by atoms with van der Waals surface area (Å²) in [5, 5.41) is 5.68. The van der Waals surface area contributed by atoms with Crippen molar-refractivity contribution in [1.82, 2.24) is 15.0 Å². The Kier molecular flexibility index (Phi) is 5.11. The first-order valence-corrected chi connectivity index (χ1v) is 8.58. The zero-order valence-electron chi connectivity index (χ0n) is 10.8. The van der Waals surface area contributed by atoms with Crippen LogP contribution in [0.1, 0.15) is 10.6 Å². The molecule has 1 heterocycles. The van der Waals surface area contributed by atoms with Gasteiger partial charge in [0.15, 0.2) is 0 Å². The third-order valence-corrected chi connectivity index (χ3v) is 5.23. The average Bonchev–Trinajstić information content (AvgIpc) is 2.92. The SMILES string of the molecule is CNCc1ccc(Cl)c(S(=O)(=O)NCc2nccs2)c1. The first kappa shape index (κ1) is 15.4. The van der Waals surface area contributed by atoms with E-state index < -0.39 is 10.0 Å². The number of nitrogens with zero attached hydrogens (tertiary/aromatic N) is 1. The van der Waals surface area contributed by atoms with E-state index in [0.717, 1.165) is 5.56 Å². The maximum Gasteiger partial charge on any atom is 0.242 e. The molecule has 0 spiro atoms. The quantitative estimate of drug-likeness (QED) is 0.849. The van der Waals surface area contributed by atoms with Gasteiger partial charge in [0, 0.05) is 18.1 Å². The topological polar surface area (TPSA) is 71.1 Å². The number of hydrogen-bond donors (Lipinski definition) is 2. The average molecular weight is 332 g/mol. The lowest BCUT2D eigenvalue weighted by Gasteiger charge is -2.09. The van der Waals surface area contributed by atoms with Crippen molar-refractivity contribution >= 4 is 33.0 Å². The van der Waals surface area contributed by atoms with E-state index in [1.165, 1.54) is 11.3 Å². The van der Waals surface area contributed by atoms with Gasteiger partial charge in [-0.05, 0) is 24.7 Å². The molecule has 1 aromatic heterocycles. The fourth-order valence-corrected chi connectivity index (χ4v) is 3.83. The summed E-state index contributed by atoms with van der Waals surface area (Å²) in [7, 11) is -1.86. The van der Waals surface area contributed by atoms with Crippen molar-refractivity contribution in [3.8, 4) is 0 Å². The zero-order valence-corrected chi connectivity index (χ0v) is 13.1. The van der Waals surface area contributed by atoms with E-state index in [4.69, 9.17) is 11.6 Å². The van der Waals surface area contributed by atoms with Crippen LogP contribution in [0.3, 0.4) is 0 Å². The van der Waals surface area contributed by atoms with Crippen LogP contribution in [0.15, 0.2) is 34.7 Å². The van der Waals surface area contributed by atoms with E-state index in [1.807, 2.05) is 0 Å². The fourth-order valence-electron chi connectivity index (χ4n) is 1.64. The Balaban J connectivity index is 2.21. The number of benzene rings is 1. The molecule has 20 heavy (non-hydrogen) atoms. The van der Waals surface area contributed by atoms with Crippen LogP contribution in [0.25, 0.3) is 0 Å². The molecule has 0 saturated heterocycles. The maximum atomic E-state index is 12.3. The first-order chi connectivity index (χ1) is 9.53. The smallest absolute Gasteiger partial charge is 0.242 e. The number of rotatable bonds is 6. The van der Waals surface area contributed by atoms with Crippen LogP contribution in [-0.2, 0) is 23.1 Å². The van der Waals surface area contributed by atoms with Crippen molar-refractivity contribution in [1.29, 1.82) is 0 Å². The van der Waals surface area contributed by atoms with Gasteiger partial charge in [-0.1, -0.05) is 17.7 Å². The normalized spacial score (nSPS) is 11.7. The highest BCUT2D eigenvalue weighted by molar-refractivity contribution is 7.89. The summed E-state index contributed by atoms with van der Waals surface area (Å²) >= 11 is 7.38. The number of sulfonamides is 1. The van der Waals surface area contributed by atoms with Crippen LogP contribution in [0.2, 0.25) is 5.02 Å². The number of nitrogens with one attached hydrogen (secondary N) is 2. The summed E-state index contributed by atoms with van der Waals surface area (Å²) in [5.74, 6) is 0. The molecule has 2 aromatic rings. The molecule has 0 aliphatic heterocycles. The first-order valence-electron chi connectivity index (χ1n) is 5.84. The van der Waals surface area contributed by atoms with Crippen LogP contribution in [-0.4, -0.2) is 20.4 Å². The zero-order chi connectivity index (χ0) is 14.6. The Labute approximate surface area is 127 Å². The van der Waals surface area contributed by atoms with Gasteiger partial charge in [-0.3, -0.25) is 0 Å². The summed E-state index contributed by atoms with van der Waals surface area (Å²) < 4.78 is 27.0. The van der Waals surface area contributed by atoms with Gasteiger partial charge in [-0.2, -0.15) is 0 Å². The summed E-state index contributed by atoms with van der Waals surface area (Å²) in [4.78, 5) is 4.12. The lowest BCUT2D eigenvalue weighted by atomic mass is 10.2. The van der Waals surface area contributed by atoms with Gasteiger partial charge in [-0.25, -0.2) is 18.1 Å². The monoisotopic (exact) mass is 331 g/mol. The number of halogens is 1. The van der Waals surface area contributed by atoms with E-state index in [0.29, 0.717) is 11.6 Å². The van der Waals surface area contributed by atoms with E-state index in [2.05, 4.69) is 15.0 Å². The Morgan fingerprint density at radius 3 is 2.80 bits per heavy atom. The summed E-state index contributed by atoms with van der Waals surface area (Å²) in [5.41, 5.74) is 0.853. The molecule has 0 radical (unpaired) electrons. The molecule has 0 bridgehead atoms. The molecule has 108 valence electrons. The van der Waals surface area contributed by atoms with E-state index in [-0.39, 0.29) is 16.5 Å². The van der Waals surface area contributed by atoms with Gasteiger partial charge in [-0.15, -0.1) is 11.3 Å². The molecular weight excluding hydrogens is 318 g/mol. The van der Waals surface area contributed by atoms with Crippen molar-refractivity contribution in [2.45, 2.75) is 18.0 Å². The molecule has 8 heteroatoms. The summed E-state index contributed by atoms with van der Waals surface area (Å²) in [6, 6.07) is 4.95. The third kappa shape index (κ3) is 3.77. The minimum atomic E-state index is -3.65. The molecule has 5 nitrogen and oxygen atoms in total. The standard InChI is InChI=1S/C12H14ClN3O2S2/c1-14-7-9-2-3-10(13)11(6-9)20(17,18)16-8-12-15-4-5-19-12/h2-6,14,16H,7-8H2,1H3. The van der Waals surface area contributed by atoms with Gasteiger partial charge in [0.2, 0.25) is 10.0 Å². The van der Waals surface area contributed by atoms with Crippen molar-refractivity contribution in [3.05, 3.63) is 45.4 Å². The summed E-state index contributed by atoms with van der Waals surface area (Å²) in [6.07, 6.45) is 1.63. The third-order valence-electron chi connectivity index (χ3n) is 2.56. The second-order valence-corrected chi connectivity index (χ2v) is 7.17. The van der Waals surface area contributed by atoms with Crippen molar-refractivity contribution in [3.63, 3.8) is 0 Å². The van der Waals surface area contributed by atoms with Crippen molar-refractivity contribution in [2.75, 3.05) is 7.05 Å². The maximum absolute atomic E-state index is 12.3. The molecule has 0 aliphatic rings. The highest BCUT2D eigenvalue weighted by atomic mass is 35.5. The molecule has 0 amide bonds. The summed E-state index contributed by atoms with van der Waals surface area (Å²) in [6.45, 7) is 0.735. The van der Waals surface area contributed by atoms with Crippen molar-refractivity contribution in [2.24, 2.45) is 0 Å². The van der Waals surface area contributed by atoms with Crippen LogP contribution in [0, 0.1) is 0 Å². The molecule has 0 atom stereocenters. The Hall–Kier alpha value is -0.990. The molecule has 0 unspecified atom stereocenters. The van der Waals surface area contributed by atoms with E-state index in [1.54, 1.807) is 36.8 Å². The Morgan fingerprint density at radius 2 is 2.15 bits per heavy atom. The number of aromatic nitrogens is 1. The second kappa shape index (κ2) is 6.64. The number of hydrogen-bond acceptors (Lipinski definition) is 5. The van der Waals surface area contributed by atoms with Gasteiger partial charge in [0.25, 0.3) is 0 Å². The minimum Gasteiger partial charge on any atom is -0.316 e. The van der Waals surface area contributed by atoms with Gasteiger partial charge in [0.1, 0.15) is 9.90 Å². The Bertz CT molecular complexity index is 672. The van der Waals surface area contributed by atoms with Crippen molar-refractivity contribution < 1.29 is 8.42 Å². The predicted octanol–water partition coefficient (Wildman–Crippen LogP) is 1.99. The molecule has 2 N–H and O–H groups in total. The lowest BCUT2D eigenvalue weighted by Crippen LogP contribution is -2.23. The fraction of sp³-hybridized carbons (Fsp3) is 0.250. The van der Waals surface area contributed by atoms with Gasteiger partial charge < -0.3 is 5.32 Å². The number of thiazole rings is 1.